The van der Waals surface area contributed by atoms with Gasteiger partial charge in [-0.1, -0.05) is 19.3 Å². The summed E-state index contributed by atoms with van der Waals surface area (Å²) < 4.78 is 0. The normalized spacial score (nSPS) is 16.1. The first-order chi connectivity index (χ1) is 7.27. The lowest BCUT2D eigenvalue weighted by atomic mass is 9.89. The van der Waals surface area contributed by atoms with Gasteiger partial charge in [0.1, 0.15) is 0 Å². The van der Waals surface area contributed by atoms with Gasteiger partial charge in [-0.2, -0.15) is 0 Å². The highest BCUT2D eigenvalue weighted by Crippen LogP contribution is 2.24. The van der Waals surface area contributed by atoms with Crippen molar-refractivity contribution < 1.29 is 15.3 Å². The maximum absolute atomic E-state index is 10.1. The molecule has 0 saturated heterocycles. The fraction of sp³-hybridized carbons (Fsp3) is 1.00. The Balaban J connectivity index is 3.62. The molecule has 3 heteroatoms. The van der Waals surface area contributed by atoms with Crippen LogP contribution in [0.3, 0.4) is 0 Å². The summed E-state index contributed by atoms with van der Waals surface area (Å²) in [6.45, 7) is 5.63. The van der Waals surface area contributed by atoms with Crippen LogP contribution in [0.25, 0.3) is 0 Å². The average Bonchev–Trinajstić information content (AvgIpc) is 2.14. The number of aliphatic hydroxyl groups excluding tert-OH is 1. The zero-order chi connectivity index (χ0) is 12.7. The lowest BCUT2D eigenvalue weighted by molar-refractivity contribution is -0.000210. The maximum Gasteiger partial charge on any atom is 0.0620 e. The van der Waals surface area contributed by atoms with E-state index >= 15 is 0 Å². The maximum atomic E-state index is 10.1. The second-order valence-electron chi connectivity index (χ2n) is 5.70. The molecule has 0 aromatic rings. The molecule has 0 radical (unpaired) electrons. The van der Waals surface area contributed by atoms with Crippen LogP contribution in [0.1, 0.15) is 65.7 Å². The van der Waals surface area contributed by atoms with Crippen LogP contribution in [0.4, 0.5) is 0 Å². The Kier molecular flexibility index (Phi) is 7.20. The highest BCUT2D eigenvalue weighted by molar-refractivity contribution is 4.77. The largest absolute Gasteiger partial charge is 0.396 e. The van der Waals surface area contributed by atoms with Crippen molar-refractivity contribution in [2.75, 3.05) is 6.61 Å². The van der Waals surface area contributed by atoms with Crippen molar-refractivity contribution >= 4 is 0 Å². The van der Waals surface area contributed by atoms with E-state index in [1.807, 2.05) is 6.92 Å². The molecule has 3 nitrogen and oxygen atoms in total. The Labute approximate surface area is 99.5 Å². The lowest BCUT2D eigenvalue weighted by Gasteiger charge is -2.27. The molecule has 0 rings (SSSR count). The number of hydrogen-bond acceptors (Lipinski definition) is 3. The molecular weight excluding hydrogens is 204 g/mol. The minimum atomic E-state index is -0.694. The summed E-state index contributed by atoms with van der Waals surface area (Å²) in [7, 11) is 0. The van der Waals surface area contributed by atoms with E-state index < -0.39 is 11.2 Å². The van der Waals surface area contributed by atoms with E-state index in [4.69, 9.17) is 5.11 Å². The first-order valence-corrected chi connectivity index (χ1v) is 6.32. The topological polar surface area (TPSA) is 60.7 Å². The van der Waals surface area contributed by atoms with E-state index in [1.54, 1.807) is 13.8 Å². The van der Waals surface area contributed by atoms with Crippen LogP contribution in [-0.4, -0.2) is 33.1 Å². The van der Waals surface area contributed by atoms with Crippen molar-refractivity contribution in [3.63, 3.8) is 0 Å². The van der Waals surface area contributed by atoms with Gasteiger partial charge in [-0.25, -0.2) is 0 Å². The standard InChI is InChI=1S/C13H28O3/c1-12(2,15)9-10-13(3,16)8-6-4-5-7-11-14/h14-16H,4-11H2,1-3H3. The summed E-state index contributed by atoms with van der Waals surface area (Å²) in [5.41, 5.74) is -1.36. The van der Waals surface area contributed by atoms with Gasteiger partial charge in [0, 0.05) is 6.61 Å². The van der Waals surface area contributed by atoms with E-state index in [-0.39, 0.29) is 6.61 Å². The summed E-state index contributed by atoms with van der Waals surface area (Å²) in [5.74, 6) is 0. The summed E-state index contributed by atoms with van der Waals surface area (Å²) in [6, 6.07) is 0. The fourth-order valence-electron chi connectivity index (χ4n) is 1.67. The highest BCUT2D eigenvalue weighted by atomic mass is 16.3. The second kappa shape index (κ2) is 7.25. The van der Waals surface area contributed by atoms with Crippen molar-refractivity contribution in [2.24, 2.45) is 0 Å². The molecule has 16 heavy (non-hydrogen) atoms. The summed E-state index contributed by atoms with van der Waals surface area (Å²) >= 11 is 0. The minimum absolute atomic E-state index is 0.259. The molecule has 0 aliphatic rings. The molecule has 3 N–H and O–H groups in total. The van der Waals surface area contributed by atoms with Crippen molar-refractivity contribution in [2.45, 2.75) is 76.9 Å². The van der Waals surface area contributed by atoms with Crippen LogP contribution in [0, 0.1) is 0 Å². The van der Waals surface area contributed by atoms with E-state index in [0.29, 0.717) is 12.8 Å². The molecule has 1 unspecified atom stereocenters. The molecule has 98 valence electrons. The lowest BCUT2D eigenvalue weighted by Crippen LogP contribution is -2.29. The Morgan fingerprint density at radius 3 is 1.81 bits per heavy atom. The monoisotopic (exact) mass is 232 g/mol. The van der Waals surface area contributed by atoms with Crippen LogP contribution in [0.15, 0.2) is 0 Å². The van der Waals surface area contributed by atoms with E-state index in [0.717, 1.165) is 32.1 Å². The Morgan fingerprint density at radius 1 is 0.750 bits per heavy atom. The van der Waals surface area contributed by atoms with Gasteiger partial charge < -0.3 is 15.3 Å². The summed E-state index contributed by atoms with van der Waals surface area (Å²) in [6.07, 6.45) is 5.95. The van der Waals surface area contributed by atoms with E-state index in [1.165, 1.54) is 0 Å². The predicted octanol–water partition coefficient (Wildman–Crippen LogP) is 2.23. The van der Waals surface area contributed by atoms with Gasteiger partial charge in [0.2, 0.25) is 0 Å². The molecule has 0 amide bonds. The molecule has 0 aromatic carbocycles. The van der Waals surface area contributed by atoms with Crippen LogP contribution in [-0.2, 0) is 0 Å². The molecular formula is C13H28O3. The zero-order valence-corrected chi connectivity index (χ0v) is 11.0. The molecule has 0 heterocycles. The number of hydrogen-bond donors (Lipinski definition) is 3. The van der Waals surface area contributed by atoms with Gasteiger partial charge in [0.15, 0.2) is 0 Å². The molecule has 0 fully saturated rings. The van der Waals surface area contributed by atoms with E-state index in [2.05, 4.69) is 0 Å². The second-order valence-corrected chi connectivity index (χ2v) is 5.70. The third-order valence-electron chi connectivity index (χ3n) is 2.90. The summed E-state index contributed by atoms with van der Waals surface area (Å²) in [4.78, 5) is 0. The third-order valence-corrected chi connectivity index (χ3v) is 2.90. The highest BCUT2D eigenvalue weighted by Gasteiger charge is 2.23. The molecule has 0 saturated carbocycles. The average molecular weight is 232 g/mol. The molecule has 0 aliphatic heterocycles. The van der Waals surface area contributed by atoms with Crippen molar-refractivity contribution in [1.82, 2.24) is 0 Å². The Bertz CT molecular complexity index is 171. The van der Waals surface area contributed by atoms with Gasteiger partial charge in [-0.3, -0.25) is 0 Å². The Hall–Kier alpha value is -0.120. The van der Waals surface area contributed by atoms with Crippen LogP contribution < -0.4 is 0 Å². The van der Waals surface area contributed by atoms with Crippen molar-refractivity contribution in [1.29, 1.82) is 0 Å². The smallest absolute Gasteiger partial charge is 0.0620 e. The number of unbranched alkanes of at least 4 members (excludes halogenated alkanes) is 3. The molecule has 0 aromatic heterocycles. The predicted molar refractivity (Wildman–Crippen MR) is 66.3 cm³/mol. The third kappa shape index (κ3) is 10.4. The van der Waals surface area contributed by atoms with Gasteiger partial charge in [-0.05, 0) is 46.5 Å². The fourth-order valence-corrected chi connectivity index (χ4v) is 1.67. The van der Waals surface area contributed by atoms with Gasteiger partial charge in [0.05, 0.1) is 11.2 Å². The number of aliphatic hydroxyl groups is 3. The van der Waals surface area contributed by atoms with Gasteiger partial charge >= 0.3 is 0 Å². The van der Waals surface area contributed by atoms with Crippen LogP contribution in [0.5, 0.6) is 0 Å². The first-order valence-electron chi connectivity index (χ1n) is 6.32. The van der Waals surface area contributed by atoms with Gasteiger partial charge in [-0.15, -0.1) is 0 Å². The zero-order valence-electron chi connectivity index (χ0n) is 11.0. The minimum Gasteiger partial charge on any atom is -0.396 e. The molecule has 1 atom stereocenters. The summed E-state index contributed by atoms with van der Waals surface area (Å²) in [5, 5.41) is 28.3. The molecule has 0 bridgehead atoms. The van der Waals surface area contributed by atoms with Crippen molar-refractivity contribution in [3.8, 4) is 0 Å². The Morgan fingerprint density at radius 2 is 1.31 bits per heavy atom. The van der Waals surface area contributed by atoms with Gasteiger partial charge in [0.25, 0.3) is 0 Å². The number of rotatable bonds is 9. The van der Waals surface area contributed by atoms with Crippen molar-refractivity contribution in [3.05, 3.63) is 0 Å². The van der Waals surface area contributed by atoms with E-state index in [9.17, 15) is 10.2 Å². The SMILES string of the molecule is CC(C)(O)CCC(C)(O)CCCCCCO. The molecule has 0 spiro atoms. The molecule has 0 aliphatic carbocycles. The first kappa shape index (κ1) is 15.9. The van der Waals surface area contributed by atoms with Crippen LogP contribution >= 0.6 is 0 Å². The van der Waals surface area contributed by atoms with Crippen LogP contribution in [0.2, 0.25) is 0 Å². The quantitative estimate of drug-likeness (QED) is 0.534.